The summed E-state index contributed by atoms with van der Waals surface area (Å²) in [5.41, 5.74) is 10.6. The van der Waals surface area contributed by atoms with Crippen LogP contribution in [0.4, 0.5) is 4.39 Å². The Morgan fingerprint density at radius 2 is 2.06 bits per heavy atom. The molecule has 0 radical (unpaired) electrons. The van der Waals surface area contributed by atoms with E-state index in [1.165, 1.54) is 6.07 Å². The number of aromatic nitrogens is 4. The predicted molar refractivity (Wildman–Crippen MR) is 138 cm³/mol. The summed E-state index contributed by atoms with van der Waals surface area (Å²) in [6, 6.07) is 5.24. The normalized spacial score (nSPS) is 18.9. The number of nitrogens with one attached hydrogen (secondary N) is 1. The predicted octanol–water partition coefficient (Wildman–Crippen LogP) is 5.90. The monoisotopic (exact) mass is 509 g/mol. The van der Waals surface area contributed by atoms with Crippen LogP contribution >= 0.6 is 11.6 Å². The summed E-state index contributed by atoms with van der Waals surface area (Å²) in [6.45, 7) is 3.97. The molecule has 1 amide bonds. The van der Waals surface area contributed by atoms with E-state index in [4.69, 9.17) is 27.2 Å². The first kappa shape index (κ1) is 24.3. The minimum Gasteiger partial charge on any atom is -0.496 e. The number of primary amides is 1. The van der Waals surface area contributed by atoms with Crippen LogP contribution in [-0.4, -0.2) is 32.8 Å². The number of nitrogens with two attached hydrogens (primary N) is 1. The molecule has 1 aromatic carbocycles. The number of ether oxygens (including phenoxy) is 1. The molecule has 1 fully saturated rings. The highest BCUT2D eigenvalue weighted by Crippen LogP contribution is 2.41. The molecule has 7 nitrogen and oxygen atoms in total. The van der Waals surface area contributed by atoms with Gasteiger partial charge in [0.25, 0.3) is 0 Å². The van der Waals surface area contributed by atoms with Crippen LogP contribution in [0, 0.1) is 18.7 Å². The molecule has 0 spiro atoms. The lowest BCUT2D eigenvalue weighted by atomic mass is 9.86. The average molecular weight is 510 g/mol. The summed E-state index contributed by atoms with van der Waals surface area (Å²) in [7, 11) is 1.55. The lowest BCUT2D eigenvalue weighted by molar-refractivity contribution is -0.122. The van der Waals surface area contributed by atoms with E-state index in [0.29, 0.717) is 11.3 Å². The van der Waals surface area contributed by atoms with E-state index < -0.39 is 5.82 Å². The van der Waals surface area contributed by atoms with Gasteiger partial charge in [0.15, 0.2) is 0 Å². The van der Waals surface area contributed by atoms with Crippen LogP contribution in [0.1, 0.15) is 61.4 Å². The number of fused-ring (bicyclic) bond motifs is 1. The second-order valence-electron chi connectivity index (χ2n) is 9.58. The number of amides is 1. The molecular weight excluding hydrogens is 481 g/mol. The zero-order chi connectivity index (χ0) is 25.6. The van der Waals surface area contributed by atoms with E-state index in [2.05, 4.69) is 22.2 Å². The van der Waals surface area contributed by atoms with Crippen molar-refractivity contribution in [3.05, 3.63) is 64.5 Å². The molecule has 4 aromatic rings. The van der Waals surface area contributed by atoms with Crippen LogP contribution in [-0.2, 0) is 4.79 Å². The second-order valence-corrected chi connectivity index (χ2v) is 9.96. The average Bonchev–Trinajstić information content (AvgIpc) is 3.48. The Hall–Kier alpha value is -3.39. The number of rotatable bonds is 6. The van der Waals surface area contributed by atoms with Crippen molar-refractivity contribution in [1.82, 2.24) is 19.7 Å². The number of aromatic amines is 1. The van der Waals surface area contributed by atoms with Crippen molar-refractivity contribution in [2.24, 2.45) is 11.7 Å². The van der Waals surface area contributed by atoms with Gasteiger partial charge in [0.1, 0.15) is 17.2 Å². The number of hydrogen-bond donors (Lipinski definition) is 2. The zero-order valence-corrected chi connectivity index (χ0v) is 21.3. The van der Waals surface area contributed by atoms with Crippen molar-refractivity contribution in [2.75, 3.05) is 7.11 Å². The largest absolute Gasteiger partial charge is 0.496 e. The summed E-state index contributed by atoms with van der Waals surface area (Å²) < 4.78 is 21.8. The third-order valence-corrected chi connectivity index (χ3v) is 7.86. The lowest BCUT2D eigenvalue weighted by Gasteiger charge is -2.26. The molecule has 0 unspecified atom stereocenters. The van der Waals surface area contributed by atoms with E-state index in [-0.39, 0.29) is 28.8 Å². The molecule has 36 heavy (non-hydrogen) atoms. The van der Waals surface area contributed by atoms with Crippen LogP contribution in [0.15, 0.2) is 36.8 Å². The number of carbonyl (C=O) groups is 1. The highest BCUT2D eigenvalue weighted by atomic mass is 35.5. The van der Waals surface area contributed by atoms with Gasteiger partial charge < -0.3 is 15.5 Å². The number of aryl methyl sites for hydroxylation is 1. The smallest absolute Gasteiger partial charge is 0.220 e. The van der Waals surface area contributed by atoms with Gasteiger partial charge in [0.05, 0.1) is 23.9 Å². The van der Waals surface area contributed by atoms with E-state index in [1.54, 1.807) is 13.2 Å². The summed E-state index contributed by atoms with van der Waals surface area (Å²) in [5.74, 6) is -0.429. The molecule has 3 N–H and O–H groups in total. The SMILES string of the molecule is COc1ccc(F)c(Cl)c1[C@@H](C)c1c[nH]c2ncc(-c3cn(C4CCC(C(N)=O)CC4)nc3C)cc12. The van der Waals surface area contributed by atoms with Gasteiger partial charge in [0.2, 0.25) is 5.91 Å². The summed E-state index contributed by atoms with van der Waals surface area (Å²) in [6.07, 6.45) is 9.12. The summed E-state index contributed by atoms with van der Waals surface area (Å²) in [5, 5.41) is 5.77. The Kier molecular flexibility index (Phi) is 6.47. The highest BCUT2D eigenvalue weighted by molar-refractivity contribution is 6.31. The number of benzene rings is 1. The molecule has 3 heterocycles. The van der Waals surface area contributed by atoms with E-state index in [9.17, 15) is 9.18 Å². The number of hydrogen-bond acceptors (Lipinski definition) is 4. The minimum atomic E-state index is -0.481. The van der Waals surface area contributed by atoms with Gasteiger partial charge in [0, 0.05) is 52.5 Å². The van der Waals surface area contributed by atoms with Crippen molar-refractivity contribution in [3.8, 4) is 16.9 Å². The first-order chi connectivity index (χ1) is 17.3. The molecule has 1 atom stereocenters. The Balaban J connectivity index is 1.49. The van der Waals surface area contributed by atoms with Crippen molar-refractivity contribution >= 4 is 28.5 Å². The van der Waals surface area contributed by atoms with Gasteiger partial charge in [-0.25, -0.2) is 9.37 Å². The number of pyridine rings is 1. The molecule has 188 valence electrons. The Morgan fingerprint density at radius 3 is 2.75 bits per heavy atom. The van der Waals surface area contributed by atoms with Crippen LogP contribution in [0.2, 0.25) is 5.02 Å². The van der Waals surface area contributed by atoms with Crippen molar-refractivity contribution in [3.63, 3.8) is 0 Å². The first-order valence-electron chi connectivity index (χ1n) is 12.1. The fourth-order valence-electron chi connectivity index (χ4n) is 5.39. The fourth-order valence-corrected chi connectivity index (χ4v) is 5.71. The molecule has 1 aliphatic carbocycles. The van der Waals surface area contributed by atoms with Gasteiger partial charge in [-0.1, -0.05) is 18.5 Å². The lowest BCUT2D eigenvalue weighted by Crippen LogP contribution is -2.28. The van der Waals surface area contributed by atoms with Gasteiger partial charge in [-0.05, 0) is 56.4 Å². The zero-order valence-electron chi connectivity index (χ0n) is 20.5. The Morgan fingerprint density at radius 1 is 1.31 bits per heavy atom. The summed E-state index contributed by atoms with van der Waals surface area (Å²) >= 11 is 6.37. The number of halogens is 2. The summed E-state index contributed by atoms with van der Waals surface area (Å²) in [4.78, 5) is 19.4. The third kappa shape index (κ3) is 4.23. The molecule has 3 aromatic heterocycles. The fraction of sp³-hybridized carbons (Fsp3) is 0.370. The topological polar surface area (TPSA) is 98.8 Å². The Bertz CT molecular complexity index is 1440. The molecule has 0 aliphatic heterocycles. The van der Waals surface area contributed by atoms with Crippen molar-refractivity contribution < 1.29 is 13.9 Å². The number of H-pyrrole nitrogens is 1. The van der Waals surface area contributed by atoms with Crippen LogP contribution in [0.25, 0.3) is 22.2 Å². The first-order valence-corrected chi connectivity index (χ1v) is 12.5. The molecule has 0 bridgehead atoms. The highest BCUT2D eigenvalue weighted by Gasteiger charge is 2.27. The van der Waals surface area contributed by atoms with Gasteiger partial charge in [-0.3, -0.25) is 9.48 Å². The molecule has 9 heteroatoms. The molecule has 5 rings (SSSR count). The number of methoxy groups -OCH3 is 1. The molecule has 1 aliphatic rings. The van der Waals surface area contributed by atoms with Gasteiger partial charge in [-0.2, -0.15) is 5.10 Å². The molecule has 1 saturated carbocycles. The second kappa shape index (κ2) is 9.58. The maximum atomic E-state index is 14.3. The van der Waals surface area contributed by atoms with Crippen LogP contribution < -0.4 is 10.5 Å². The minimum absolute atomic E-state index is 0.0387. The molecular formula is C27H29ClFN5O2. The van der Waals surface area contributed by atoms with Crippen LogP contribution in [0.5, 0.6) is 5.75 Å². The quantitative estimate of drug-likeness (QED) is 0.338. The standard InChI is InChI=1S/C27H29ClFN5O2/c1-14(24-23(36-3)9-8-22(29)25(24)28)20-12-32-27-19(20)10-17(11-31-27)21-13-34(33-15(21)2)18-6-4-16(5-7-18)26(30)35/h8-14,16,18H,4-7H2,1-3H3,(H2,30,35)(H,31,32)/t14-,16?,18?/m0/s1. The maximum absolute atomic E-state index is 14.3. The van der Waals surface area contributed by atoms with Crippen molar-refractivity contribution in [2.45, 2.75) is 51.5 Å². The Labute approximate surface area is 213 Å². The molecule has 0 saturated heterocycles. The van der Waals surface area contributed by atoms with Gasteiger partial charge >= 0.3 is 0 Å². The van der Waals surface area contributed by atoms with E-state index in [1.807, 2.05) is 30.9 Å². The number of nitrogens with zero attached hydrogens (tertiary/aromatic N) is 3. The van der Waals surface area contributed by atoms with Crippen LogP contribution in [0.3, 0.4) is 0 Å². The third-order valence-electron chi connectivity index (χ3n) is 7.48. The van der Waals surface area contributed by atoms with E-state index in [0.717, 1.165) is 59.1 Å². The maximum Gasteiger partial charge on any atom is 0.220 e. The number of carbonyl (C=O) groups excluding carboxylic acids is 1. The van der Waals surface area contributed by atoms with E-state index >= 15 is 0 Å². The van der Waals surface area contributed by atoms with Gasteiger partial charge in [-0.15, -0.1) is 0 Å². The van der Waals surface area contributed by atoms with Crippen molar-refractivity contribution in [1.29, 1.82) is 0 Å².